The van der Waals surface area contributed by atoms with Crippen LogP contribution >= 0.6 is 0 Å². The van der Waals surface area contributed by atoms with Crippen LogP contribution in [-0.4, -0.2) is 21.9 Å². The van der Waals surface area contributed by atoms with E-state index in [0.717, 1.165) is 48.3 Å². The molecule has 1 aliphatic rings. The monoisotopic (exact) mass is 314 g/mol. The second kappa shape index (κ2) is 6.19. The fraction of sp³-hybridized carbons (Fsp3) is 0.421. The van der Waals surface area contributed by atoms with Crippen molar-refractivity contribution in [2.24, 2.45) is 7.05 Å². The summed E-state index contributed by atoms with van der Waals surface area (Å²) in [6, 6.07) is 8.56. The summed E-state index contributed by atoms with van der Waals surface area (Å²) in [4.78, 5) is 15.0. The fourth-order valence-corrected chi connectivity index (χ4v) is 3.43. The number of aryl methyl sites for hydroxylation is 1. The zero-order chi connectivity index (χ0) is 16.6. The van der Waals surface area contributed by atoms with E-state index in [2.05, 4.69) is 0 Å². The van der Waals surface area contributed by atoms with Crippen LogP contribution in [0.5, 0.6) is 0 Å². The van der Waals surface area contributed by atoms with Crippen molar-refractivity contribution in [2.45, 2.75) is 39.2 Å². The molecule has 1 atom stereocenters. The van der Waals surface area contributed by atoms with Crippen molar-refractivity contribution >= 4 is 5.91 Å². The number of aromatic nitrogens is 1. The molecule has 3 rings (SSSR count). The van der Waals surface area contributed by atoms with Crippen LogP contribution in [-0.2, 0) is 7.05 Å². The number of benzene rings is 1. The minimum atomic E-state index is -0.239. The standard InChI is InChI=1S/C19H23FN2O/c1-13-12-17(14(2)21(13)3)19(23)22-11-5-4-6-18(22)15-7-9-16(20)10-8-15/h7-10,12,18H,4-6,11H2,1-3H3/t18-/m1/s1. The van der Waals surface area contributed by atoms with E-state index in [4.69, 9.17) is 0 Å². The molecule has 1 aromatic heterocycles. The van der Waals surface area contributed by atoms with Crippen molar-refractivity contribution in [1.29, 1.82) is 0 Å². The Hall–Kier alpha value is -2.10. The maximum Gasteiger partial charge on any atom is 0.256 e. The van der Waals surface area contributed by atoms with Crippen LogP contribution in [0.25, 0.3) is 0 Å². The molecular weight excluding hydrogens is 291 g/mol. The third kappa shape index (κ3) is 2.90. The Balaban J connectivity index is 1.93. The molecule has 122 valence electrons. The van der Waals surface area contributed by atoms with E-state index in [1.807, 2.05) is 36.4 Å². The SMILES string of the molecule is Cc1cc(C(=O)N2CCCC[C@@H]2c2ccc(F)cc2)c(C)n1C. The third-order valence-electron chi connectivity index (χ3n) is 5.02. The quantitative estimate of drug-likeness (QED) is 0.817. The molecule has 23 heavy (non-hydrogen) atoms. The van der Waals surface area contributed by atoms with Gasteiger partial charge in [-0.3, -0.25) is 4.79 Å². The van der Waals surface area contributed by atoms with Gasteiger partial charge in [0.25, 0.3) is 5.91 Å². The van der Waals surface area contributed by atoms with Gasteiger partial charge in [-0.05, 0) is 56.9 Å². The van der Waals surface area contributed by atoms with Crippen molar-refractivity contribution in [3.05, 3.63) is 58.7 Å². The van der Waals surface area contributed by atoms with Gasteiger partial charge in [0.15, 0.2) is 0 Å². The van der Waals surface area contributed by atoms with Gasteiger partial charge in [-0.25, -0.2) is 4.39 Å². The Bertz CT molecular complexity index is 718. The molecule has 1 saturated heterocycles. The number of carbonyl (C=O) groups excluding carboxylic acids is 1. The fourth-order valence-electron chi connectivity index (χ4n) is 3.43. The highest BCUT2D eigenvalue weighted by atomic mass is 19.1. The van der Waals surface area contributed by atoms with Crippen molar-refractivity contribution < 1.29 is 9.18 Å². The van der Waals surface area contributed by atoms with Crippen LogP contribution in [0.4, 0.5) is 4.39 Å². The van der Waals surface area contributed by atoms with Crippen molar-refractivity contribution in [1.82, 2.24) is 9.47 Å². The van der Waals surface area contributed by atoms with Crippen molar-refractivity contribution in [3.63, 3.8) is 0 Å². The van der Waals surface area contributed by atoms with Gasteiger partial charge in [0.05, 0.1) is 11.6 Å². The third-order valence-corrected chi connectivity index (χ3v) is 5.02. The lowest BCUT2D eigenvalue weighted by Crippen LogP contribution is -2.38. The molecule has 2 aromatic rings. The molecule has 0 radical (unpaired) electrons. The summed E-state index contributed by atoms with van der Waals surface area (Å²) in [6.45, 7) is 4.75. The minimum absolute atomic E-state index is 0.0387. The van der Waals surface area contributed by atoms with Gasteiger partial charge in [-0.15, -0.1) is 0 Å². The number of hydrogen-bond donors (Lipinski definition) is 0. The number of carbonyl (C=O) groups is 1. The smallest absolute Gasteiger partial charge is 0.256 e. The molecule has 0 bridgehead atoms. The summed E-state index contributed by atoms with van der Waals surface area (Å²) in [5.74, 6) is -0.155. The van der Waals surface area contributed by atoms with Gasteiger partial charge in [0.2, 0.25) is 0 Å². The lowest BCUT2D eigenvalue weighted by atomic mass is 9.94. The Morgan fingerprint density at radius 3 is 2.48 bits per heavy atom. The van der Waals surface area contributed by atoms with E-state index in [0.29, 0.717) is 0 Å². The average molecular weight is 314 g/mol. The number of likely N-dealkylation sites (tertiary alicyclic amines) is 1. The lowest BCUT2D eigenvalue weighted by molar-refractivity contribution is 0.0610. The van der Waals surface area contributed by atoms with E-state index in [-0.39, 0.29) is 17.8 Å². The number of rotatable bonds is 2. The molecule has 0 unspecified atom stereocenters. The van der Waals surface area contributed by atoms with Crippen LogP contribution < -0.4 is 0 Å². The van der Waals surface area contributed by atoms with Crippen LogP contribution in [0.1, 0.15) is 52.6 Å². The van der Waals surface area contributed by atoms with Crippen LogP contribution in [0.2, 0.25) is 0 Å². The average Bonchev–Trinajstić information content (AvgIpc) is 2.82. The zero-order valence-corrected chi connectivity index (χ0v) is 14.0. The summed E-state index contributed by atoms with van der Waals surface area (Å²) in [5, 5.41) is 0. The molecule has 0 saturated carbocycles. The number of halogens is 1. The predicted molar refractivity (Wildman–Crippen MR) is 88.9 cm³/mol. The lowest BCUT2D eigenvalue weighted by Gasteiger charge is -2.36. The topological polar surface area (TPSA) is 25.2 Å². The maximum atomic E-state index is 13.2. The van der Waals surface area contributed by atoms with Gasteiger partial charge < -0.3 is 9.47 Å². The first kappa shape index (κ1) is 15.8. The van der Waals surface area contributed by atoms with E-state index in [1.165, 1.54) is 12.1 Å². The highest BCUT2D eigenvalue weighted by molar-refractivity contribution is 5.96. The number of nitrogens with zero attached hydrogens (tertiary/aromatic N) is 2. The number of amides is 1. The van der Waals surface area contributed by atoms with Gasteiger partial charge in [0.1, 0.15) is 5.82 Å². The summed E-state index contributed by atoms with van der Waals surface area (Å²) >= 11 is 0. The first-order valence-corrected chi connectivity index (χ1v) is 8.18. The number of piperidine rings is 1. The second-order valence-electron chi connectivity index (χ2n) is 6.41. The van der Waals surface area contributed by atoms with E-state index >= 15 is 0 Å². The molecule has 1 amide bonds. The van der Waals surface area contributed by atoms with Crippen LogP contribution in [0, 0.1) is 19.7 Å². The summed E-state index contributed by atoms with van der Waals surface area (Å²) in [6.07, 6.45) is 3.05. The Morgan fingerprint density at radius 1 is 1.17 bits per heavy atom. The van der Waals surface area contributed by atoms with Gasteiger partial charge >= 0.3 is 0 Å². The van der Waals surface area contributed by atoms with E-state index < -0.39 is 0 Å². The van der Waals surface area contributed by atoms with Gasteiger partial charge in [-0.1, -0.05) is 12.1 Å². The summed E-state index contributed by atoms with van der Waals surface area (Å²) in [5.41, 5.74) is 3.88. The van der Waals surface area contributed by atoms with E-state index in [1.54, 1.807) is 12.1 Å². The summed E-state index contributed by atoms with van der Waals surface area (Å²) in [7, 11) is 1.98. The van der Waals surface area contributed by atoms with Crippen molar-refractivity contribution in [2.75, 3.05) is 6.54 Å². The molecule has 3 nitrogen and oxygen atoms in total. The first-order chi connectivity index (χ1) is 11.0. The largest absolute Gasteiger partial charge is 0.351 e. The Labute approximate surface area is 136 Å². The Morgan fingerprint density at radius 2 is 1.87 bits per heavy atom. The predicted octanol–water partition coefficient (Wildman–Crippen LogP) is 4.15. The van der Waals surface area contributed by atoms with Crippen molar-refractivity contribution in [3.8, 4) is 0 Å². The number of hydrogen-bond acceptors (Lipinski definition) is 1. The maximum absolute atomic E-state index is 13.2. The minimum Gasteiger partial charge on any atom is -0.351 e. The Kier molecular flexibility index (Phi) is 4.24. The molecule has 1 fully saturated rings. The molecule has 1 aromatic carbocycles. The molecule has 4 heteroatoms. The molecule has 0 N–H and O–H groups in total. The molecule has 2 heterocycles. The normalized spacial score (nSPS) is 18.3. The second-order valence-corrected chi connectivity index (χ2v) is 6.41. The molecule has 0 spiro atoms. The summed E-state index contributed by atoms with van der Waals surface area (Å²) < 4.78 is 15.2. The van der Waals surface area contributed by atoms with E-state index in [9.17, 15) is 9.18 Å². The van der Waals surface area contributed by atoms with Gasteiger partial charge in [-0.2, -0.15) is 0 Å². The van der Waals surface area contributed by atoms with Crippen LogP contribution in [0.3, 0.4) is 0 Å². The molecule has 1 aliphatic heterocycles. The highest BCUT2D eigenvalue weighted by Gasteiger charge is 2.30. The molecule has 0 aliphatic carbocycles. The zero-order valence-electron chi connectivity index (χ0n) is 14.0. The highest BCUT2D eigenvalue weighted by Crippen LogP contribution is 2.33. The first-order valence-electron chi connectivity index (χ1n) is 8.18. The molecular formula is C19H23FN2O. The van der Waals surface area contributed by atoms with Crippen LogP contribution in [0.15, 0.2) is 30.3 Å². The van der Waals surface area contributed by atoms with Gasteiger partial charge in [0, 0.05) is 25.0 Å².